The van der Waals surface area contributed by atoms with Crippen LogP contribution in [-0.4, -0.2) is 79.4 Å². The first-order chi connectivity index (χ1) is 31.3. The predicted molar refractivity (Wildman–Crippen MR) is 248 cm³/mol. The maximum Gasteiger partial charge on any atom is 0.223 e. The van der Waals surface area contributed by atoms with E-state index in [1.807, 2.05) is 177 Å². The van der Waals surface area contributed by atoms with E-state index in [9.17, 15) is 19.2 Å². The largest absolute Gasteiger partial charge is 0.337 e. The number of carbonyl (C=O) groups is 4. The van der Waals surface area contributed by atoms with Gasteiger partial charge >= 0.3 is 0 Å². The minimum Gasteiger partial charge on any atom is -0.337 e. The van der Waals surface area contributed by atoms with Crippen molar-refractivity contribution >= 4 is 23.6 Å². The Morgan fingerprint density at radius 2 is 0.594 bits per heavy atom. The third-order valence-corrected chi connectivity index (χ3v) is 12.3. The Morgan fingerprint density at radius 3 is 0.859 bits per heavy atom. The summed E-state index contributed by atoms with van der Waals surface area (Å²) in [6, 6.07) is 51.3. The normalized spacial score (nSPS) is 18.2. The fourth-order valence-electron chi connectivity index (χ4n) is 8.87. The molecule has 4 amide bonds. The van der Waals surface area contributed by atoms with Gasteiger partial charge in [0, 0.05) is 89.4 Å². The molecule has 0 radical (unpaired) electrons. The molecule has 3 aliphatic rings. The van der Waals surface area contributed by atoms with Crippen molar-refractivity contribution in [3.63, 3.8) is 0 Å². The van der Waals surface area contributed by atoms with E-state index in [2.05, 4.69) is 0 Å². The maximum atomic E-state index is 14.9. The van der Waals surface area contributed by atoms with Gasteiger partial charge in [-0.2, -0.15) is 0 Å². The molecule has 1 saturated heterocycles. The molecule has 0 atom stereocenters. The average Bonchev–Trinajstić information content (AvgIpc) is 3.31. The quantitative estimate of drug-likeness (QED) is 0.153. The van der Waals surface area contributed by atoms with Gasteiger partial charge in [-0.15, -0.1) is 0 Å². The molecule has 1 fully saturated rings. The third kappa shape index (κ3) is 12.2. The van der Waals surface area contributed by atoms with Crippen LogP contribution in [0.1, 0.15) is 59.3 Å². The van der Waals surface area contributed by atoms with Gasteiger partial charge < -0.3 is 19.6 Å². The Kier molecular flexibility index (Phi) is 14.6. The Hall–Kier alpha value is -6.94. The Morgan fingerprint density at radius 1 is 0.328 bits per heavy atom. The molecule has 3 aliphatic heterocycles. The molecule has 64 heavy (non-hydrogen) atoms. The number of hydrogen-bond donors (Lipinski definition) is 0. The molecule has 10 heteroatoms. The summed E-state index contributed by atoms with van der Waals surface area (Å²) in [6.45, 7) is 2.59. The van der Waals surface area contributed by atoms with E-state index >= 15 is 0 Å². The number of carbonyl (C=O) groups excluding carboxylic acids is 4. The highest BCUT2D eigenvalue weighted by Gasteiger charge is 2.30. The highest BCUT2D eigenvalue weighted by atomic mass is 16.2. The third-order valence-electron chi connectivity index (χ3n) is 12.3. The molecule has 6 aromatic rings. The SMILES string of the molecule is O=C1CC2CC(=O)N(Cc3ccccc3)CCN(Cc3ccccc3)C(=O)CC(CC(=O)N(Cc3ccccc3)CCN1Cc1ccccc1)Cc1cccc(n1)-c1cccc(n1)C2. The highest BCUT2D eigenvalue weighted by Crippen LogP contribution is 2.26. The van der Waals surface area contributed by atoms with Crippen LogP contribution in [0, 0.1) is 11.8 Å². The second-order valence-electron chi connectivity index (χ2n) is 17.2. The lowest BCUT2D eigenvalue weighted by Crippen LogP contribution is -2.44. The first-order valence-corrected chi connectivity index (χ1v) is 22.5. The van der Waals surface area contributed by atoms with E-state index in [1.165, 1.54) is 0 Å². The summed E-state index contributed by atoms with van der Waals surface area (Å²) in [7, 11) is 0. The Balaban J connectivity index is 1.24. The summed E-state index contributed by atoms with van der Waals surface area (Å²) in [5, 5.41) is 0. The van der Waals surface area contributed by atoms with Crippen LogP contribution in [-0.2, 0) is 58.2 Å². The monoisotopic (exact) mass is 852 g/mol. The number of hydrogen-bond acceptors (Lipinski definition) is 6. The zero-order valence-electron chi connectivity index (χ0n) is 36.4. The molecule has 10 nitrogen and oxygen atoms in total. The smallest absolute Gasteiger partial charge is 0.223 e. The average molecular weight is 853 g/mol. The van der Waals surface area contributed by atoms with Gasteiger partial charge in [0.2, 0.25) is 23.6 Å². The van der Waals surface area contributed by atoms with E-state index in [4.69, 9.17) is 9.97 Å². The van der Waals surface area contributed by atoms with Crippen LogP contribution in [0.25, 0.3) is 11.4 Å². The molecule has 0 saturated carbocycles. The molecule has 326 valence electrons. The van der Waals surface area contributed by atoms with Crippen molar-refractivity contribution in [2.45, 2.75) is 64.7 Å². The summed E-state index contributed by atoms with van der Waals surface area (Å²) in [6.07, 6.45) is 1.19. The molecule has 2 aromatic heterocycles. The molecule has 0 unspecified atom stereocenters. The number of fused-ring (bicyclic) bond motifs is 14. The van der Waals surface area contributed by atoms with Crippen LogP contribution in [0.3, 0.4) is 0 Å². The van der Waals surface area contributed by atoms with Gasteiger partial charge in [0.15, 0.2) is 0 Å². The number of amides is 4. The maximum absolute atomic E-state index is 14.9. The Bertz CT molecular complexity index is 2180. The van der Waals surface area contributed by atoms with Crippen molar-refractivity contribution in [3.05, 3.63) is 191 Å². The molecule has 0 aliphatic carbocycles. The lowest BCUT2D eigenvalue weighted by atomic mass is 9.92. The van der Waals surface area contributed by atoms with Crippen molar-refractivity contribution in [2.24, 2.45) is 11.8 Å². The van der Waals surface area contributed by atoms with Crippen LogP contribution in [0.5, 0.6) is 0 Å². The van der Waals surface area contributed by atoms with E-state index in [0.29, 0.717) is 76.6 Å². The van der Waals surface area contributed by atoms with Gasteiger partial charge in [-0.3, -0.25) is 29.1 Å². The topological polar surface area (TPSA) is 107 Å². The number of pyridine rings is 2. The molecule has 0 spiro atoms. The van der Waals surface area contributed by atoms with Crippen molar-refractivity contribution in [2.75, 3.05) is 26.2 Å². The van der Waals surface area contributed by atoms with Crippen LogP contribution >= 0.6 is 0 Å². The van der Waals surface area contributed by atoms with Gasteiger partial charge in [0.1, 0.15) is 0 Å². The standard InChI is InChI=1S/C54H56N6O4/c61-51-33-45-31-47-23-13-25-49(55-47)50-26-14-24-48(56-50)32-46(35-52(62)58(38-42-17-7-2-8-18-42)28-27-57(51)37-41-15-5-1-6-16-41)36-54(64)60(40-44-21-11-4-12-22-44)30-29-59(53(63)34-45)39-43-19-9-3-10-20-43/h1-26,45-46H,27-40H2. The van der Waals surface area contributed by atoms with Crippen molar-refractivity contribution < 1.29 is 19.2 Å². The zero-order valence-corrected chi connectivity index (χ0v) is 36.4. The fraction of sp³-hybridized carbons (Fsp3) is 0.296. The van der Waals surface area contributed by atoms with Crippen LogP contribution in [0.15, 0.2) is 158 Å². The summed E-state index contributed by atoms with van der Waals surface area (Å²) < 4.78 is 0. The van der Waals surface area contributed by atoms with Gasteiger partial charge in [0.25, 0.3) is 0 Å². The molecule has 5 heterocycles. The molecule has 9 rings (SSSR count). The predicted octanol–water partition coefficient (Wildman–Crippen LogP) is 8.16. The first-order valence-electron chi connectivity index (χ1n) is 22.5. The highest BCUT2D eigenvalue weighted by molar-refractivity contribution is 5.81. The van der Waals surface area contributed by atoms with E-state index in [0.717, 1.165) is 33.6 Å². The van der Waals surface area contributed by atoms with Crippen LogP contribution in [0.2, 0.25) is 0 Å². The second kappa shape index (κ2) is 21.4. The molecule has 0 N–H and O–H groups in total. The minimum atomic E-state index is -0.402. The number of nitrogens with zero attached hydrogens (tertiary/aromatic N) is 6. The summed E-state index contributed by atoms with van der Waals surface area (Å²) in [5.41, 5.74) is 6.82. The van der Waals surface area contributed by atoms with Crippen molar-refractivity contribution in [3.8, 4) is 11.4 Å². The summed E-state index contributed by atoms with van der Waals surface area (Å²) in [5.74, 6) is -1.16. The number of aromatic nitrogens is 2. The minimum absolute atomic E-state index is 0.0892. The van der Waals surface area contributed by atoms with E-state index in [1.54, 1.807) is 0 Å². The fourth-order valence-corrected chi connectivity index (χ4v) is 8.87. The molecular weight excluding hydrogens is 797 g/mol. The molecule has 6 bridgehead atoms. The zero-order chi connectivity index (χ0) is 44.1. The lowest BCUT2D eigenvalue weighted by Gasteiger charge is -2.33. The van der Waals surface area contributed by atoms with E-state index in [-0.39, 0.29) is 49.3 Å². The van der Waals surface area contributed by atoms with Crippen LogP contribution < -0.4 is 0 Å². The summed E-state index contributed by atoms with van der Waals surface area (Å²) >= 11 is 0. The van der Waals surface area contributed by atoms with Crippen molar-refractivity contribution in [1.82, 2.24) is 29.6 Å². The Labute approximate surface area is 376 Å². The van der Waals surface area contributed by atoms with Gasteiger partial charge in [-0.25, -0.2) is 0 Å². The number of benzene rings is 4. The summed E-state index contributed by atoms with van der Waals surface area (Å²) in [4.78, 5) is 76.9. The molecule has 4 aromatic carbocycles. The first kappa shape index (κ1) is 43.7. The lowest BCUT2D eigenvalue weighted by molar-refractivity contribution is -0.140. The van der Waals surface area contributed by atoms with Crippen LogP contribution in [0.4, 0.5) is 0 Å². The van der Waals surface area contributed by atoms with Gasteiger partial charge in [-0.05, 0) is 71.2 Å². The molecular formula is C54H56N6O4. The second-order valence-corrected chi connectivity index (χ2v) is 17.2. The van der Waals surface area contributed by atoms with Gasteiger partial charge in [0.05, 0.1) is 11.4 Å². The number of rotatable bonds is 8. The van der Waals surface area contributed by atoms with Gasteiger partial charge in [-0.1, -0.05) is 133 Å². The van der Waals surface area contributed by atoms with E-state index < -0.39 is 11.8 Å². The van der Waals surface area contributed by atoms with Crippen molar-refractivity contribution in [1.29, 1.82) is 0 Å².